The maximum atomic E-state index is 12.2. The Morgan fingerprint density at radius 2 is 2.10 bits per heavy atom. The standard InChI is InChI=1S/C21H28N4O3S/c1-21(2)16-25(11-12-29(21,26)27)20(22-3)24-14-17-7-6-9-19(13-17)28-15-18-8-4-5-10-23-18/h4-10,13H,11-12,14-16H2,1-3H3,(H,22,24). The minimum absolute atomic E-state index is 0.136. The third-order valence-electron chi connectivity index (χ3n) is 5.02. The molecular weight excluding hydrogens is 388 g/mol. The average Bonchev–Trinajstić information content (AvgIpc) is 2.70. The summed E-state index contributed by atoms with van der Waals surface area (Å²) in [6, 6.07) is 13.6. The number of guanidine groups is 1. The van der Waals surface area contributed by atoms with Gasteiger partial charge in [-0.1, -0.05) is 18.2 Å². The van der Waals surface area contributed by atoms with Crippen molar-refractivity contribution >= 4 is 15.8 Å². The van der Waals surface area contributed by atoms with Crippen molar-refractivity contribution < 1.29 is 13.2 Å². The lowest BCUT2D eigenvalue weighted by Gasteiger charge is -2.39. The van der Waals surface area contributed by atoms with Gasteiger partial charge in [0.1, 0.15) is 12.4 Å². The van der Waals surface area contributed by atoms with Crippen LogP contribution in [-0.2, 0) is 23.0 Å². The first-order chi connectivity index (χ1) is 13.8. The Kier molecular flexibility index (Phi) is 6.42. The van der Waals surface area contributed by atoms with Gasteiger partial charge in [0.25, 0.3) is 0 Å². The van der Waals surface area contributed by atoms with Gasteiger partial charge in [-0.3, -0.25) is 9.98 Å². The van der Waals surface area contributed by atoms with Crippen molar-refractivity contribution in [3.05, 3.63) is 59.9 Å². The highest BCUT2D eigenvalue weighted by Crippen LogP contribution is 2.23. The summed E-state index contributed by atoms with van der Waals surface area (Å²) in [6.45, 7) is 5.38. The molecule has 7 nitrogen and oxygen atoms in total. The molecule has 0 spiro atoms. The van der Waals surface area contributed by atoms with E-state index in [2.05, 4.69) is 15.3 Å². The van der Waals surface area contributed by atoms with Crippen molar-refractivity contribution in [2.45, 2.75) is 31.7 Å². The fraction of sp³-hybridized carbons (Fsp3) is 0.429. The lowest BCUT2D eigenvalue weighted by atomic mass is 10.2. The van der Waals surface area contributed by atoms with E-state index in [1.807, 2.05) is 47.4 Å². The van der Waals surface area contributed by atoms with Crippen molar-refractivity contribution in [3.63, 3.8) is 0 Å². The molecule has 0 amide bonds. The zero-order valence-corrected chi connectivity index (χ0v) is 17.9. The second-order valence-electron chi connectivity index (χ2n) is 7.66. The van der Waals surface area contributed by atoms with Crippen LogP contribution in [0.1, 0.15) is 25.1 Å². The van der Waals surface area contributed by atoms with E-state index in [-0.39, 0.29) is 5.75 Å². The van der Waals surface area contributed by atoms with Crippen molar-refractivity contribution in [1.29, 1.82) is 0 Å². The average molecular weight is 417 g/mol. The number of hydrogen-bond donors (Lipinski definition) is 1. The molecule has 0 aliphatic carbocycles. The Labute approximate surface area is 172 Å². The van der Waals surface area contributed by atoms with Crippen molar-refractivity contribution in [3.8, 4) is 5.75 Å². The van der Waals surface area contributed by atoms with Crippen LogP contribution >= 0.6 is 0 Å². The van der Waals surface area contributed by atoms with E-state index in [9.17, 15) is 8.42 Å². The summed E-state index contributed by atoms with van der Waals surface area (Å²) < 4.78 is 29.5. The predicted octanol–water partition coefficient (Wildman–Crippen LogP) is 2.25. The molecular formula is C21H28N4O3S. The topological polar surface area (TPSA) is 83.9 Å². The summed E-state index contributed by atoms with van der Waals surface area (Å²) in [4.78, 5) is 10.6. The van der Waals surface area contributed by atoms with E-state index in [0.29, 0.717) is 32.2 Å². The summed E-state index contributed by atoms with van der Waals surface area (Å²) in [5, 5.41) is 3.33. The number of ether oxygens (including phenoxy) is 1. The minimum Gasteiger partial charge on any atom is -0.487 e. The molecule has 2 aromatic rings. The van der Waals surface area contributed by atoms with Gasteiger partial charge in [0.2, 0.25) is 0 Å². The monoisotopic (exact) mass is 416 g/mol. The number of benzene rings is 1. The van der Waals surface area contributed by atoms with E-state index in [0.717, 1.165) is 17.0 Å². The molecule has 3 rings (SSSR count). The molecule has 1 N–H and O–H groups in total. The summed E-state index contributed by atoms with van der Waals surface area (Å²) in [7, 11) is -1.37. The Morgan fingerprint density at radius 1 is 1.28 bits per heavy atom. The van der Waals surface area contributed by atoms with Crippen LogP contribution in [-0.4, -0.2) is 54.9 Å². The van der Waals surface area contributed by atoms with E-state index in [4.69, 9.17) is 4.74 Å². The van der Waals surface area contributed by atoms with E-state index < -0.39 is 14.6 Å². The highest BCUT2D eigenvalue weighted by molar-refractivity contribution is 7.92. The van der Waals surface area contributed by atoms with Gasteiger partial charge in [0.15, 0.2) is 15.8 Å². The largest absolute Gasteiger partial charge is 0.487 e. The minimum atomic E-state index is -3.08. The number of rotatable bonds is 5. The predicted molar refractivity (Wildman–Crippen MR) is 115 cm³/mol. The first kappa shape index (κ1) is 21.1. The molecule has 8 heteroatoms. The lowest BCUT2D eigenvalue weighted by molar-refractivity contribution is 0.301. The SMILES string of the molecule is CN=C(NCc1cccc(OCc2ccccn2)c1)N1CCS(=O)(=O)C(C)(C)C1. The maximum Gasteiger partial charge on any atom is 0.193 e. The molecule has 1 aliphatic rings. The lowest BCUT2D eigenvalue weighted by Crippen LogP contribution is -2.57. The first-order valence-corrected chi connectivity index (χ1v) is 11.3. The highest BCUT2D eigenvalue weighted by Gasteiger charge is 2.40. The van der Waals surface area contributed by atoms with Crippen LogP contribution < -0.4 is 10.1 Å². The normalized spacial score (nSPS) is 18.3. The molecule has 1 aliphatic heterocycles. The molecule has 1 saturated heterocycles. The Bertz CT molecular complexity index is 959. The third-order valence-corrected chi connectivity index (χ3v) is 7.55. The number of sulfone groups is 1. The Hall–Kier alpha value is -2.61. The van der Waals surface area contributed by atoms with Crippen LogP contribution in [0.2, 0.25) is 0 Å². The summed E-state index contributed by atoms with van der Waals surface area (Å²) in [6.07, 6.45) is 1.75. The van der Waals surface area contributed by atoms with Crippen molar-refractivity contribution in [1.82, 2.24) is 15.2 Å². The number of hydrogen-bond acceptors (Lipinski definition) is 5. The summed E-state index contributed by atoms with van der Waals surface area (Å²) >= 11 is 0. The van der Waals surface area contributed by atoms with Crippen LogP contribution in [0.15, 0.2) is 53.7 Å². The molecule has 0 saturated carbocycles. The van der Waals surface area contributed by atoms with Gasteiger partial charge < -0.3 is 15.0 Å². The van der Waals surface area contributed by atoms with E-state index in [1.54, 1.807) is 27.1 Å². The second kappa shape index (κ2) is 8.82. The van der Waals surface area contributed by atoms with Crippen molar-refractivity contribution in [2.75, 3.05) is 25.9 Å². The molecule has 0 bridgehead atoms. The highest BCUT2D eigenvalue weighted by atomic mass is 32.2. The first-order valence-electron chi connectivity index (χ1n) is 9.60. The second-order valence-corrected chi connectivity index (χ2v) is 10.4. The number of aromatic nitrogens is 1. The summed E-state index contributed by atoms with van der Waals surface area (Å²) in [5.41, 5.74) is 1.92. The molecule has 29 heavy (non-hydrogen) atoms. The van der Waals surface area contributed by atoms with Crippen LogP contribution in [0.25, 0.3) is 0 Å². The van der Waals surface area contributed by atoms with Gasteiger partial charge in [0, 0.05) is 32.9 Å². The number of pyridine rings is 1. The van der Waals surface area contributed by atoms with Crippen LogP contribution in [0.5, 0.6) is 5.75 Å². The van der Waals surface area contributed by atoms with Gasteiger partial charge in [0.05, 0.1) is 16.2 Å². The van der Waals surface area contributed by atoms with E-state index >= 15 is 0 Å². The molecule has 0 atom stereocenters. The maximum absolute atomic E-state index is 12.2. The van der Waals surface area contributed by atoms with Gasteiger partial charge in [-0.2, -0.15) is 0 Å². The Balaban J connectivity index is 1.59. The van der Waals surface area contributed by atoms with Gasteiger partial charge in [-0.05, 0) is 43.7 Å². The zero-order chi connectivity index (χ0) is 20.9. The molecule has 1 fully saturated rings. The van der Waals surface area contributed by atoms with E-state index in [1.165, 1.54) is 0 Å². The molecule has 156 valence electrons. The van der Waals surface area contributed by atoms with Crippen LogP contribution in [0.3, 0.4) is 0 Å². The molecule has 1 aromatic heterocycles. The number of nitrogens with zero attached hydrogens (tertiary/aromatic N) is 3. The third kappa shape index (κ3) is 5.26. The molecule has 0 radical (unpaired) electrons. The molecule has 2 heterocycles. The Morgan fingerprint density at radius 3 is 2.79 bits per heavy atom. The van der Waals surface area contributed by atoms with Gasteiger partial charge in [-0.15, -0.1) is 0 Å². The van der Waals surface area contributed by atoms with Crippen molar-refractivity contribution in [2.24, 2.45) is 4.99 Å². The number of nitrogens with one attached hydrogen (secondary N) is 1. The van der Waals surface area contributed by atoms with Crippen LogP contribution in [0, 0.1) is 0 Å². The van der Waals surface area contributed by atoms with Gasteiger partial charge >= 0.3 is 0 Å². The summed E-state index contributed by atoms with van der Waals surface area (Å²) in [5.74, 6) is 1.61. The molecule has 1 aromatic carbocycles. The van der Waals surface area contributed by atoms with Gasteiger partial charge in [-0.25, -0.2) is 8.42 Å². The zero-order valence-electron chi connectivity index (χ0n) is 17.1. The molecule has 0 unspecified atom stereocenters. The fourth-order valence-electron chi connectivity index (χ4n) is 3.22. The number of aliphatic imine (C=N–C) groups is 1. The smallest absolute Gasteiger partial charge is 0.193 e. The van der Waals surface area contributed by atoms with Crippen LogP contribution in [0.4, 0.5) is 0 Å². The quantitative estimate of drug-likeness (QED) is 0.595. The fourth-order valence-corrected chi connectivity index (χ4v) is 4.59.